The Morgan fingerprint density at radius 3 is 2.54 bits per heavy atom. The fraction of sp³-hybridized carbons (Fsp3) is 0.258. The summed E-state index contributed by atoms with van der Waals surface area (Å²) in [7, 11) is 1.67. The number of nitrogens with zero attached hydrogens (tertiary/aromatic N) is 3. The zero-order valence-corrected chi connectivity index (χ0v) is 23.2. The van der Waals surface area contributed by atoms with Gasteiger partial charge in [0.2, 0.25) is 5.91 Å². The van der Waals surface area contributed by atoms with Gasteiger partial charge in [-0.05, 0) is 85.7 Å². The van der Waals surface area contributed by atoms with Gasteiger partial charge in [0, 0.05) is 41.9 Å². The van der Waals surface area contributed by atoms with Crippen molar-refractivity contribution in [2.45, 2.75) is 38.8 Å². The van der Waals surface area contributed by atoms with E-state index in [1.165, 1.54) is 0 Å². The Morgan fingerprint density at radius 2 is 1.82 bits per heavy atom. The van der Waals surface area contributed by atoms with Crippen LogP contribution in [-0.2, 0) is 11.2 Å². The molecule has 39 heavy (non-hydrogen) atoms. The largest absolute Gasteiger partial charge is 0.497 e. The van der Waals surface area contributed by atoms with Gasteiger partial charge in [0.25, 0.3) is 0 Å². The summed E-state index contributed by atoms with van der Waals surface area (Å²) in [6, 6.07) is 25.8. The second-order valence-electron chi connectivity index (χ2n) is 9.56. The van der Waals surface area contributed by atoms with Crippen molar-refractivity contribution >= 4 is 28.9 Å². The van der Waals surface area contributed by atoms with E-state index in [1.807, 2.05) is 54.6 Å². The molecule has 0 unspecified atom stereocenters. The van der Waals surface area contributed by atoms with Gasteiger partial charge in [-0.3, -0.25) is 9.78 Å². The molecular weight excluding hydrogens is 506 g/mol. The van der Waals surface area contributed by atoms with E-state index >= 15 is 0 Å². The molecule has 2 aromatic carbocycles. The Kier molecular flexibility index (Phi) is 7.93. The summed E-state index contributed by atoms with van der Waals surface area (Å²) in [5, 5.41) is 7.20. The van der Waals surface area contributed by atoms with Crippen LogP contribution in [0.2, 0.25) is 0 Å². The SMILES string of the molecule is CCc1ccccc1NC(=O)CCN1C(=S)N[C@@H](c2ccccn2)[C@@H]1c1ccc(C)n1-c1ccc(OC)cc1. The summed E-state index contributed by atoms with van der Waals surface area (Å²) in [6.07, 6.45) is 2.95. The van der Waals surface area contributed by atoms with E-state index in [2.05, 4.69) is 63.2 Å². The molecule has 0 spiro atoms. The molecule has 0 aliphatic carbocycles. The molecule has 0 saturated carbocycles. The minimum Gasteiger partial charge on any atom is -0.497 e. The second kappa shape index (κ2) is 11.7. The van der Waals surface area contributed by atoms with E-state index in [0.29, 0.717) is 18.1 Å². The maximum atomic E-state index is 13.1. The van der Waals surface area contributed by atoms with Crippen molar-refractivity contribution in [2.75, 3.05) is 19.0 Å². The minimum atomic E-state index is -0.172. The Labute approximate surface area is 234 Å². The zero-order chi connectivity index (χ0) is 27.4. The van der Waals surface area contributed by atoms with Crippen LogP contribution in [0.1, 0.15) is 48.1 Å². The first-order chi connectivity index (χ1) is 19.0. The first-order valence-electron chi connectivity index (χ1n) is 13.2. The topological polar surface area (TPSA) is 71.4 Å². The molecule has 4 aromatic rings. The number of aromatic nitrogens is 2. The first-order valence-corrected chi connectivity index (χ1v) is 13.6. The van der Waals surface area contributed by atoms with Crippen LogP contribution >= 0.6 is 12.2 Å². The lowest BCUT2D eigenvalue weighted by Gasteiger charge is -2.29. The third kappa shape index (κ3) is 5.52. The molecule has 3 heterocycles. The van der Waals surface area contributed by atoms with Crippen LogP contribution in [0.25, 0.3) is 5.69 Å². The van der Waals surface area contributed by atoms with Crippen LogP contribution < -0.4 is 15.4 Å². The number of carbonyl (C=O) groups excluding carboxylic acids is 1. The average Bonchev–Trinajstić information content (AvgIpc) is 3.51. The van der Waals surface area contributed by atoms with Gasteiger partial charge in [0.1, 0.15) is 5.75 Å². The van der Waals surface area contributed by atoms with E-state index in [9.17, 15) is 4.79 Å². The zero-order valence-electron chi connectivity index (χ0n) is 22.4. The molecule has 1 fully saturated rings. The standard InChI is InChI=1S/C31H33N5O2S/c1-4-22-9-5-6-10-25(22)33-28(37)18-20-35-30(29(34-31(35)39)26-11-7-8-19-32-26)27-17-12-21(2)36(27)23-13-15-24(38-3)16-14-23/h5-17,19,29-30H,4,18,20H2,1-3H3,(H,33,37)(H,34,39)/t29-,30-/m0/s1. The highest BCUT2D eigenvalue weighted by molar-refractivity contribution is 7.80. The van der Waals surface area contributed by atoms with E-state index in [1.54, 1.807) is 13.3 Å². The molecule has 2 N–H and O–H groups in total. The van der Waals surface area contributed by atoms with Crippen molar-refractivity contribution in [3.63, 3.8) is 0 Å². The molecule has 0 bridgehead atoms. The predicted molar refractivity (Wildman–Crippen MR) is 158 cm³/mol. The Bertz CT molecular complexity index is 1450. The van der Waals surface area contributed by atoms with Crippen LogP contribution in [0.15, 0.2) is 85.1 Å². The number of amides is 1. The molecule has 8 heteroatoms. The Balaban J connectivity index is 1.46. The number of hydrogen-bond donors (Lipinski definition) is 2. The quantitative estimate of drug-likeness (QED) is 0.264. The van der Waals surface area contributed by atoms with Gasteiger partial charge in [-0.15, -0.1) is 0 Å². The van der Waals surface area contributed by atoms with Crippen LogP contribution in [0.5, 0.6) is 5.75 Å². The smallest absolute Gasteiger partial charge is 0.226 e. The van der Waals surface area contributed by atoms with Crippen LogP contribution in [-0.4, -0.2) is 39.1 Å². The first kappa shape index (κ1) is 26.4. The van der Waals surface area contributed by atoms with Crippen molar-refractivity contribution in [2.24, 2.45) is 0 Å². The highest BCUT2D eigenvalue weighted by atomic mass is 32.1. The van der Waals surface area contributed by atoms with Crippen molar-refractivity contribution in [3.05, 3.63) is 108 Å². The fourth-order valence-corrected chi connectivity index (χ4v) is 5.56. The van der Waals surface area contributed by atoms with Crippen molar-refractivity contribution in [1.29, 1.82) is 0 Å². The molecule has 2 atom stereocenters. The monoisotopic (exact) mass is 539 g/mol. The van der Waals surface area contributed by atoms with Gasteiger partial charge in [-0.1, -0.05) is 31.2 Å². The van der Waals surface area contributed by atoms with Gasteiger partial charge >= 0.3 is 0 Å². The van der Waals surface area contributed by atoms with E-state index < -0.39 is 0 Å². The summed E-state index contributed by atoms with van der Waals surface area (Å²) >= 11 is 5.84. The molecule has 1 aliphatic rings. The molecule has 7 nitrogen and oxygen atoms in total. The van der Waals surface area contributed by atoms with Gasteiger partial charge < -0.3 is 24.8 Å². The molecule has 1 amide bonds. The number of rotatable bonds is 9. The lowest BCUT2D eigenvalue weighted by molar-refractivity contribution is -0.116. The number of benzene rings is 2. The summed E-state index contributed by atoms with van der Waals surface area (Å²) in [5.41, 5.74) is 6.07. The van der Waals surface area contributed by atoms with Gasteiger partial charge in [0.05, 0.1) is 24.9 Å². The number of anilines is 1. The van der Waals surface area contributed by atoms with Crippen LogP contribution in [0.3, 0.4) is 0 Å². The highest BCUT2D eigenvalue weighted by Gasteiger charge is 2.41. The lowest BCUT2D eigenvalue weighted by Crippen LogP contribution is -2.33. The maximum Gasteiger partial charge on any atom is 0.226 e. The number of ether oxygens (including phenoxy) is 1. The summed E-state index contributed by atoms with van der Waals surface area (Å²) < 4.78 is 7.61. The molecular formula is C31H33N5O2S. The van der Waals surface area contributed by atoms with E-state index in [-0.39, 0.29) is 18.0 Å². The third-order valence-electron chi connectivity index (χ3n) is 7.19. The highest BCUT2D eigenvalue weighted by Crippen LogP contribution is 2.40. The Morgan fingerprint density at radius 1 is 1.05 bits per heavy atom. The molecule has 0 radical (unpaired) electrons. The number of carbonyl (C=O) groups is 1. The van der Waals surface area contributed by atoms with Crippen LogP contribution in [0.4, 0.5) is 5.69 Å². The van der Waals surface area contributed by atoms with Gasteiger partial charge in [-0.2, -0.15) is 0 Å². The molecule has 200 valence electrons. The van der Waals surface area contributed by atoms with E-state index in [0.717, 1.165) is 46.2 Å². The minimum absolute atomic E-state index is 0.0412. The predicted octanol–water partition coefficient (Wildman–Crippen LogP) is 5.75. The van der Waals surface area contributed by atoms with Crippen molar-refractivity contribution in [1.82, 2.24) is 19.8 Å². The Hall–Kier alpha value is -4.17. The number of para-hydroxylation sites is 1. The van der Waals surface area contributed by atoms with Gasteiger partial charge in [-0.25, -0.2) is 0 Å². The van der Waals surface area contributed by atoms with Gasteiger partial charge in [0.15, 0.2) is 5.11 Å². The molecule has 1 aliphatic heterocycles. The number of hydrogen-bond acceptors (Lipinski definition) is 4. The summed E-state index contributed by atoms with van der Waals surface area (Å²) in [5.74, 6) is 0.762. The average molecular weight is 540 g/mol. The second-order valence-corrected chi connectivity index (χ2v) is 9.95. The number of pyridine rings is 1. The third-order valence-corrected chi connectivity index (χ3v) is 7.54. The van der Waals surface area contributed by atoms with E-state index in [4.69, 9.17) is 17.0 Å². The molecule has 1 saturated heterocycles. The normalized spacial score (nSPS) is 16.7. The maximum absolute atomic E-state index is 13.1. The summed E-state index contributed by atoms with van der Waals surface area (Å²) in [4.78, 5) is 19.8. The molecule has 5 rings (SSSR count). The van der Waals surface area contributed by atoms with Crippen molar-refractivity contribution in [3.8, 4) is 11.4 Å². The number of methoxy groups -OCH3 is 1. The number of aryl methyl sites for hydroxylation is 2. The number of thiocarbonyl (C=S) groups is 1. The fourth-order valence-electron chi connectivity index (χ4n) is 5.23. The van der Waals surface area contributed by atoms with Crippen molar-refractivity contribution < 1.29 is 9.53 Å². The lowest BCUT2D eigenvalue weighted by atomic mass is 10.0. The summed E-state index contributed by atoms with van der Waals surface area (Å²) in [6.45, 7) is 4.64. The van der Waals surface area contributed by atoms with Crippen LogP contribution in [0, 0.1) is 6.92 Å². The molecule has 2 aromatic heterocycles. The number of nitrogens with one attached hydrogen (secondary N) is 2.